The summed E-state index contributed by atoms with van der Waals surface area (Å²) in [5, 5.41) is 12.4. The number of aromatic hydroxyl groups is 1. The highest BCUT2D eigenvalue weighted by atomic mass is 16.3. The fourth-order valence-corrected chi connectivity index (χ4v) is 8.48. The van der Waals surface area contributed by atoms with E-state index < -0.39 is 84.7 Å². The first-order valence-electron chi connectivity index (χ1n) is 30.7. The molecule has 8 rings (SSSR count). The second-order valence-electron chi connectivity index (χ2n) is 19.1. The van der Waals surface area contributed by atoms with Crippen LogP contribution in [0.4, 0.5) is 0 Å². The van der Waals surface area contributed by atoms with E-state index in [1.165, 1.54) is 18.3 Å². The number of fused-ring (bicyclic) bond motifs is 1. The maximum absolute atomic E-state index is 12.4. The van der Waals surface area contributed by atoms with Gasteiger partial charge in [0.1, 0.15) is 11.6 Å². The van der Waals surface area contributed by atoms with E-state index in [0.717, 1.165) is 27.8 Å². The molecule has 1 N–H and O–H groups in total. The third kappa shape index (κ3) is 9.00. The number of imidazole rings is 1. The van der Waals surface area contributed by atoms with Crippen molar-refractivity contribution in [2.24, 2.45) is 0 Å². The maximum Gasteiger partial charge on any atom is 0.149 e. The summed E-state index contributed by atoms with van der Waals surface area (Å²) < 4.78 is 149. The van der Waals surface area contributed by atoms with Crippen molar-refractivity contribution in [2.45, 2.75) is 131 Å². The molecule has 0 spiro atoms. The summed E-state index contributed by atoms with van der Waals surface area (Å²) >= 11 is 0. The van der Waals surface area contributed by atoms with Crippen molar-refractivity contribution < 1.29 is 28.4 Å². The zero-order valence-corrected chi connectivity index (χ0v) is 39.7. The third-order valence-electron chi connectivity index (χ3n) is 12.2. The van der Waals surface area contributed by atoms with Crippen LogP contribution in [0.3, 0.4) is 0 Å². The number of hydrogen-bond acceptors (Lipinski definition) is 3. The zero-order chi connectivity index (χ0) is 62.1. The number of benzene rings is 6. The lowest BCUT2D eigenvalue weighted by Crippen LogP contribution is -2.11. The molecule has 8 aromatic rings. The summed E-state index contributed by atoms with van der Waals surface area (Å²) in [5.41, 5.74) is 3.31. The first-order valence-corrected chi connectivity index (χ1v) is 22.2. The van der Waals surface area contributed by atoms with Crippen molar-refractivity contribution in [3.8, 4) is 67.5 Å². The lowest BCUT2D eigenvalue weighted by atomic mass is 9.83. The number of aromatic nitrogens is 3. The second-order valence-corrected chi connectivity index (χ2v) is 19.1. The van der Waals surface area contributed by atoms with E-state index in [-0.39, 0.29) is 22.4 Å². The van der Waals surface area contributed by atoms with E-state index in [4.69, 9.17) is 33.3 Å². The van der Waals surface area contributed by atoms with Gasteiger partial charge in [0.2, 0.25) is 0 Å². The summed E-state index contributed by atoms with van der Waals surface area (Å²) in [4.78, 5) is 10.1. The molecule has 6 aromatic carbocycles. The van der Waals surface area contributed by atoms with Gasteiger partial charge in [-0.25, -0.2) is 4.98 Å². The molecule has 0 saturated heterocycles. The highest BCUT2D eigenvalue weighted by molar-refractivity contribution is 5.97. The largest absolute Gasteiger partial charge is 0.507 e. The first kappa shape index (κ1) is 29.4. The third-order valence-corrected chi connectivity index (χ3v) is 12.2. The number of phenolic OH excluding ortho intramolecular Hbond substituents is 1. The Balaban J connectivity index is 1.39. The molecule has 0 fully saturated rings. The number of nitrogens with zero attached hydrogens (tertiary/aromatic N) is 3. The van der Waals surface area contributed by atoms with E-state index in [0.29, 0.717) is 56.1 Å². The Bertz CT molecular complexity index is 3740. The molecule has 0 unspecified atom stereocenters. The number of para-hydroxylation sites is 1. The number of rotatable bonds is 10. The van der Waals surface area contributed by atoms with Crippen LogP contribution in [-0.2, 0) is 10.8 Å². The molecule has 0 amide bonds. The molecule has 0 aliphatic carbocycles. The van der Waals surface area contributed by atoms with Crippen molar-refractivity contribution in [3.05, 3.63) is 167 Å². The summed E-state index contributed by atoms with van der Waals surface area (Å²) in [5.74, 6) is -4.32. The van der Waals surface area contributed by atoms with Gasteiger partial charge in [0.05, 0.1) is 27.8 Å². The second kappa shape index (κ2) is 17.9. The monoisotopic (exact) mass is 889 g/mol. The zero-order valence-electron chi connectivity index (χ0n) is 56.7. The summed E-state index contributed by atoms with van der Waals surface area (Å²) in [6.45, 7) is 8.70. The number of phenols is 1. The van der Waals surface area contributed by atoms with Crippen LogP contribution in [0, 0.1) is 0 Å². The van der Waals surface area contributed by atoms with Gasteiger partial charge < -0.3 is 5.11 Å². The Morgan fingerprint density at radius 3 is 1.82 bits per heavy atom. The van der Waals surface area contributed by atoms with Crippen molar-refractivity contribution in [3.63, 3.8) is 0 Å². The van der Waals surface area contributed by atoms with Crippen LogP contribution in [0.15, 0.2) is 133 Å². The van der Waals surface area contributed by atoms with E-state index in [2.05, 4.69) is 0 Å². The van der Waals surface area contributed by atoms with E-state index in [9.17, 15) is 5.11 Å². The fourth-order valence-electron chi connectivity index (χ4n) is 8.48. The van der Waals surface area contributed by atoms with Crippen LogP contribution >= 0.6 is 0 Å². The van der Waals surface area contributed by atoms with Crippen molar-refractivity contribution in [2.75, 3.05) is 0 Å². The highest BCUT2D eigenvalue weighted by Crippen LogP contribution is 2.44. The molecule has 2 heterocycles. The Labute approximate surface area is 418 Å². The molecule has 4 heteroatoms. The maximum atomic E-state index is 12.4. The smallest absolute Gasteiger partial charge is 0.149 e. The van der Waals surface area contributed by atoms with Gasteiger partial charge in [-0.15, -0.1) is 0 Å². The fraction of sp³-hybridized carbons (Fsp3) is 0.323. The molecule has 0 radical (unpaired) electrons. The normalized spacial score (nSPS) is 17.3. The molecule has 0 bridgehead atoms. The average molecular weight is 889 g/mol. The van der Waals surface area contributed by atoms with Gasteiger partial charge in [-0.2, -0.15) is 0 Å². The van der Waals surface area contributed by atoms with Gasteiger partial charge in [-0.3, -0.25) is 9.55 Å². The van der Waals surface area contributed by atoms with Crippen LogP contribution in [0.1, 0.15) is 177 Å². The van der Waals surface area contributed by atoms with E-state index >= 15 is 0 Å². The standard InChI is InChI=1S/C62H69N3O/c1-37(2)44-34-53(40(7)8)59(66)54(35-44)60-64-58-52(19-16-20-56(58)65(60)49-27-23-42(24-28-49)57-50(38(3)4)17-15-18-51(57)39(5)6)45-31-46(33-48(32-45)62(12,13)14)55-36-43(29-30-63-55)41-21-25-47(26-22-41)61(9,10)11/h15-40,66H,1-14H3/i9D3,10D3,11D3,21D,22D,25D,26D,37D,38D,39D,40D. The molecule has 66 heavy (non-hydrogen) atoms. The van der Waals surface area contributed by atoms with E-state index in [1.807, 2.05) is 132 Å². The molecule has 0 saturated carbocycles. The molecule has 0 atom stereocenters. The summed E-state index contributed by atoms with van der Waals surface area (Å²) in [6.07, 6.45) is 1.40. The molecule has 4 nitrogen and oxygen atoms in total. The van der Waals surface area contributed by atoms with Gasteiger partial charge in [-0.05, 0) is 144 Å². The number of hydrogen-bond donors (Lipinski definition) is 1. The van der Waals surface area contributed by atoms with Crippen molar-refractivity contribution in [1.29, 1.82) is 0 Å². The van der Waals surface area contributed by atoms with Crippen LogP contribution < -0.4 is 0 Å². The van der Waals surface area contributed by atoms with Gasteiger partial charge in [0, 0.05) is 40.8 Å². The minimum absolute atomic E-state index is 0.0969. The van der Waals surface area contributed by atoms with Gasteiger partial charge in [0.15, 0.2) is 0 Å². The molecule has 338 valence electrons. The number of pyridine rings is 1. The quantitative estimate of drug-likeness (QED) is 0.149. The van der Waals surface area contributed by atoms with Gasteiger partial charge in [-0.1, -0.05) is 175 Å². The van der Waals surface area contributed by atoms with Crippen LogP contribution in [0.2, 0.25) is 0 Å². The molecular weight excluding hydrogens is 803 g/mol. The molecule has 2 aromatic heterocycles. The predicted molar refractivity (Wildman–Crippen MR) is 281 cm³/mol. The van der Waals surface area contributed by atoms with Crippen LogP contribution in [-0.4, -0.2) is 19.6 Å². The average Bonchev–Trinajstić information content (AvgIpc) is 1.78. The SMILES string of the molecule is [2H]c1c([2H])c(C(C([2H])([2H])[2H])(C([2H])([2H])[2H])C([2H])([2H])[2H])c([2H])c([2H])c1-c1ccnc(-c2cc(-c3cccc4c3nc(-c3cc(C([2H])(C)C)cc(C([2H])(C)C)c3O)n4-c3ccc(-c4c(C([2H])(C)C)cccc4C([2H])(C)C)cc3)cc(C(C)(C)C)c2)c1. The Morgan fingerprint density at radius 2 is 1.21 bits per heavy atom. The Kier molecular flexibility index (Phi) is 7.95. The summed E-state index contributed by atoms with van der Waals surface area (Å²) in [6, 6.07) is 27.5. The van der Waals surface area contributed by atoms with Crippen LogP contribution in [0.25, 0.3) is 72.7 Å². The predicted octanol–water partition coefficient (Wildman–Crippen LogP) is 17.5. The Hall–Kier alpha value is -6.26. The van der Waals surface area contributed by atoms with Crippen molar-refractivity contribution in [1.82, 2.24) is 14.5 Å². The first-order chi connectivity index (χ1) is 37.8. The van der Waals surface area contributed by atoms with E-state index in [1.54, 1.807) is 39.8 Å². The highest BCUT2D eigenvalue weighted by Gasteiger charge is 2.25. The van der Waals surface area contributed by atoms with Gasteiger partial charge >= 0.3 is 0 Å². The van der Waals surface area contributed by atoms with Gasteiger partial charge in [0.25, 0.3) is 0 Å². The molecule has 0 aliphatic heterocycles. The molecular formula is C62H69N3O. The minimum atomic E-state index is -3.83. The Morgan fingerprint density at radius 1 is 0.576 bits per heavy atom. The van der Waals surface area contributed by atoms with Crippen molar-refractivity contribution >= 4 is 11.0 Å². The van der Waals surface area contributed by atoms with Crippen LogP contribution in [0.5, 0.6) is 5.75 Å². The lowest BCUT2D eigenvalue weighted by Gasteiger charge is -2.22. The summed E-state index contributed by atoms with van der Waals surface area (Å²) in [7, 11) is 0. The molecule has 0 aliphatic rings. The minimum Gasteiger partial charge on any atom is -0.507 e. The topological polar surface area (TPSA) is 50.9 Å². The lowest BCUT2D eigenvalue weighted by molar-refractivity contribution is 0.466.